The fraction of sp³-hybridized carbons (Fsp3) is 0.0833. The Morgan fingerprint density at radius 3 is 2.26 bits per heavy atom. The van der Waals surface area contributed by atoms with Gasteiger partial charge in [0.15, 0.2) is 4.90 Å². The molecular weight excluding hydrogens is 414 g/mol. The van der Waals surface area contributed by atoms with Gasteiger partial charge in [-0.05, 0) is 48.4 Å². The normalized spacial score (nSPS) is 11.4. The van der Waals surface area contributed by atoms with E-state index in [2.05, 4.69) is 5.32 Å². The van der Waals surface area contributed by atoms with Crippen molar-refractivity contribution in [2.75, 3.05) is 6.54 Å². The molecule has 1 heterocycles. The Hall–Kier alpha value is -3.71. The lowest BCUT2D eigenvalue weighted by molar-refractivity contribution is 0.0954. The highest BCUT2D eigenvalue weighted by Crippen LogP contribution is 2.22. The Bertz CT molecular complexity index is 1390. The molecule has 7 heteroatoms. The molecule has 4 rings (SSSR count). The molecule has 0 fully saturated rings. The lowest BCUT2D eigenvalue weighted by Gasteiger charge is -2.08. The summed E-state index contributed by atoms with van der Waals surface area (Å²) in [6.45, 7) is 0.457. The Morgan fingerprint density at radius 1 is 0.871 bits per heavy atom. The van der Waals surface area contributed by atoms with E-state index < -0.39 is 20.4 Å². The molecule has 0 unspecified atom stereocenters. The molecule has 0 atom stereocenters. The molecule has 31 heavy (non-hydrogen) atoms. The fourth-order valence-corrected chi connectivity index (χ4v) is 4.54. The van der Waals surface area contributed by atoms with Crippen molar-refractivity contribution in [2.45, 2.75) is 16.2 Å². The number of hydrogen-bond donors (Lipinski definition) is 1. The molecule has 0 bridgehead atoms. The lowest BCUT2D eigenvalue weighted by Crippen LogP contribution is -2.25. The van der Waals surface area contributed by atoms with Gasteiger partial charge in [0.25, 0.3) is 5.91 Å². The van der Waals surface area contributed by atoms with Crippen molar-refractivity contribution in [3.63, 3.8) is 0 Å². The van der Waals surface area contributed by atoms with Gasteiger partial charge in [0.2, 0.25) is 9.84 Å². The Balaban J connectivity index is 1.60. The molecule has 156 valence electrons. The number of hydrogen-bond acceptors (Lipinski definition) is 5. The minimum atomic E-state index is -4.05. The maximum atomic E-state index is 12.9. The second-order valence-electron chi connectivity index (χ2n) is 6.96. The van der Waals surface area contributed by atoms with Gasteiger partial charge in [-0.3, -0.25) is 4.79 Å². The molecule has 0 aliphatic carbocycles. The van der Waals surface area contributed by atoms with Crippen LogP contribution in [-0.4, -0.2) is 20.9 Å². The summed E-state index contributed by atoms with van der Waals surface area (Å²) >= 11 is 0. The van der Waals surface area contributed by atoms with Gasteiger partial charge in [0, 0.05) is 17.5 Å². The average molecular weight is 433 g/mol. The zero-order valence-corrected chi connectivity index (χ0v) is 17.3. The first-order valence-electron chi connectivity index (χ1n) is 9.65. The number of carbonyl (C=O) groups excluding carboxylic acids is 1. The van der Waals surface area contributed by atoms with Gasteiger partial charge in [0.1, 0.15) is 5.58 Å². The second kappa shape index (κ2) is 8.57. The van der Waals surface area contributed by atoms with Gasteiger partial charge < -0.3 is 9.73 Å². The minimum Gasteiger partial charge on any atom is -0.422 e. The first-order valence-corrected chi connectivity index (χ1v) is 11.1. The standard InChI is InChI=1S/C24H19NO5S/c26-23(25-14-13-17-7-3-1-4-8-17)18-11-12-21-19(15-18)16-22(24(27)30-21)31(28,29)20-9-5-2-6-10-20/h1-12,15-16H,13-14H2,(H,25,26). The first-order chi connectivity index (χ1) is 14.9. The van der Waals surface area contributed by atoms with E-state index in [-0.39, 0.29) is 16.4 Å². The molecule has 0 spiro atoms. The van der Waals surface area contributed by atoms with Gasteiger partial charge >= 0.3 is 5.63 Å². The van der Waals surface area contributed by atoms with Crippen LogP contribution in [0.4, 0.5) is 0 Å². The summed E-state index contributed by atoms with van der Waals surface area (Å²) < 4.78 is 30.9. The zero-order valence-electron chi connectivity index (χ0n) is 16.4. The van der Waals surface area contributed by atoms with E-state index in [9.17, 15) is 18.0 Å². The molecular formula is C24H19NO5S. The molecule has 1 N–H and O–H groups in total. The number of rotatable bonds is 6. The van der Waals surface area contributed by atoms with E-state index in [1.165, 1.54) is 36.4 Å². The maximum absolute atomic E-state index is 12.9. The monoisotopic (exact) mass is 433 g/mol. The summed E-state index contributed by atoms with van der Waals surface area (Å²) in [4.78, 5) is 24.4. The average Bonchev–Trinajstić information content (AvgIpc) is 2.79. The smallest absolute Gasteiger partial charge is 0.355 e. The van der Waals surface area contributed by atoms with Crippen LogP contribution in [0.2, 0.25) is 0 Å². The van der Waals surface area contributed by atoms with Crippen LogP contribution in [0, 0.1) is 0 Å². The van der Waals surface area contributed by atoms with Gasteiger partial charge in [-0.25, -0.2) is 13.2 Å². The van der Waals surface area contributed by atoms with E-state index in [1.54, 1.807) is 18.2 Å². The molecule has 0 radical (unpaired) electrons. The number of sulfone groups is 1. The van der Waals surface area contributed by atoms with E-state index >= 15 is 0 Å². The number of fused-ring (bicyclic) bond motifs is 1. The predicted octanol–water partition coefficient (Wildman–Crippen LogP) is 3.60. The minimum absolute atomic E-state index is 0.00328. The number of amides is 1. The first kappa shape index (κ1) is 20.6. The van der Waals surface area contributed by atoms with Crippen molar-refractivity contribution < 1.29 is 17.6 Å². The second-order valence-corrected chi connectivity index (χ2v) is 8.88. The third kappa shape index (κ3) is 4.41. The number of benzene rings is 3. The Labute approximate surface area is 179 Å². The maximum Gasteiger partial charge on any atom is 0.355 e. The molecule has 4 aromatic rings. The topological polar surface area (TPSA) is 93.4 Å². The van der Waals surface area contributed by atoms with Crippen LogP contribution in [0.15, 0.2) is 104 Å². The van der Waals surface area contributed by atoms with E-state index in [0.29, 0.717) is 23.9 Å². The highest BCUT2D eigenvalue weighted by molar-refractivity contribution is 7.91. The quantitative estimate of drug-likeness (QED) is 0.469. The van der Waals surface area contributed by atoms with Crippen LogP contribution in [0.25, 0.3) is 11.0 Å². The summed E-state index contributed by atoms with van der Waals surface area (Å²) in [5.74, 6) is -0.295. The summed E-state index contributed by atoms with van der Waals surface area (Å²) in [6, 6.07) is 23.2. The molecule has 1 amide bonds. The van der Waals surface area contributed by atoms with Crippen LogP contribution < -0.4 is 10.9 Å². The Morgan fingerprint density at radius 2 is 1.55 bits per heavy atom. The van der Waals surface area contributed by atoms with E-state index in [4.69, 9.17) is 4.42 Å². The summed E-state index contributed by atoms with van der Waals surface area (Å²) in [7, 11) is -4.05. The van der Waals surface area contributed by atoms with Crippen molar-refractivity contribution in [3.05, 3.63) is 106 Å². The highest BCUT2D eigenvalue weighted by Gasteiger charge is 2.23. The van der Waals surface area contributed by atoms with Crippen LogP contribution in [0.1, 0.15) is 15.9 Å². The fourth-order valence-electron chi connectivity index (χ4n) is 3.23. The van der Waals surface area contributed by atoms with Crippen LogP contribution >= 0.6 is 0 Å². The molecule has 3 aromatic carbocycles. The van der Waals surface area contributed by atoms with E-state index in [0.717, 1.165) is 5.56 Å². The Kier molecular flexibility index (Phi) is 5.68. The lowest BCUT2D eigenvalue weighted by atomic mass is 10.1. The summed E-state index contributed by atoms with van der Waals surface area (Å²) in [5, 5.41) is 3.20. The zero-order chi connectivity index (χ0) is 21.8. The molecule has 0 saturated carbocycles. The van der Waals surface area contributed by atoms with Crippen molar-refractivity contribution >= 4 is 26.7 Å². The van der Waals surface area contributed by atoms with Crippen LogP contribution in [0.3, 0.4) is 0 Å². The van der Waals surface area contributed by atoms with Gasteiger partial charge in [0.05, 0.1) is 4.90 Å². The molecule has 0 aliphatic rings. The van der Waals surface area contributed by atoms with Crippen molar-refractivity contribution in [1.29, 1.82) is 0 Å². The molecule has 0 saturated heterocycles. The number of nitrogens with one attached hydrogen (secondary N) is 1. The van der Waals surface area contributed by atoms with Crippen molar-refractivity contribution in [2.24, 2.45) is 0 Å². The van der Waals surface area contributed by atoms with Gasteiger partial charge in [-0.2, -0.15) is 0 Å². The SMILES string of the molecule is O=C(NCCc1ccccc1)c1ccc2oc(=O)c(S(=O)(=O)c3ccccc3)cc2c1. The third-order valence-corrected chi connectivity index (χ3v) is 6.60. The van der Waals surface area contributed by atoms with Crippen molar-refractivity contribution in [3.8, 4) is 0 Å². The third-order valence-electron chi connectivity index (χ3n) is 4.85. The van der Waals surface area contributed by atoms with Gasteiger partial charge in [-0.1, -0.05) is 48.5 Å². The van der Waals surface area contributed by atoms with Crippen LogP contribution in [0.5, 0.6) is 0 Å². The highest BCUT2D eigenvalue weighted by atomic mass is 32.2. The summed E-state index contributed by atoms with van der Waals surface area (Å²) in [5.41, 5.74) is 0.713. The number of carbonyl (C=O) groups is 1. The molecule has 6 nitrogen and oxygen atoms in total. The predicted molar refractivity (Wildman–Crippen MR) is 117 cm³/mol. The molecule has 1 aromatic heterocycles. The molecule has 0 aliphatic heterocycles. The van der Waals surface area contributed by atoms with Crippen molar-refractivity contribution in [1.82, 2.24) is 5.32 Å². The van der Waals surface area contributed by atoms with Crippen LogP contribution in [-0.2, 0) is 16.3 Å². The largest absolute Gasteiger partial charge is 0.422 e. The summed E-state index contributed by atoms with van der Waals surface area (Å²) in [6.07, 6.45) is 0.689. The van der Waals surface area contributed by atoms with Gasteiger partial charge in [-0.15, -0.1) is 0 Å². The van der Waals surface area contributed by atoms with E-state index in [1.807, 2.05) is 30.3 Å².